The van der Waals surface area contributed by atoms with Gasteiger partial charge in [-0.2, -0.15) is 0 Å². The number of hydrogen-bond acceptors (Lipinski definition) is 5. The van der Waals surface area contributed by atoms with Crippen molar-refractivity contribution in [3.8, 4) is 17.2 Å². The van der Waals surface area contributed by atoms with E-state index in [1.807, 2.05) is 24.3 Å². The van der Waals surface area contributed by atoms with Gasteiger partial charge in [0.05, 0.1) is 25.3 Å². The summed E-state index contributed by atoms with van der Waals surface area (Å²) in [5, 5.41) is 8.18. The molecule has 41 heavy (non-hydrogen) atoms. The topological polar surface area (TPSA) is 84.6 Å². The molecule has 7 nitrogen and oxygen atoms in total. The van der Waals surface area contributed by atoms with Crippen molar-refractivity contribution in [2.75, 3.05) is 32.7 Å². The molecule has 208 valence electrons. The van der Waals surface area contributed by atoms with Crippen LogP contribution in [0.2, 0.25) is 5.02 Å². The first-order chi connectivity index (χ1) is 20.1. The predicted octanol–water partition coefficient (Wildman–Crippen LogP) is 6.68. The van der Waals surface area contributed by atoms with E-state index in [4.69, 9.17) is 25.8 Å². The molecule has 2 atom stereocenters. The van der Waals surface area contributed by atoms with Crippen LogP contribution < -0.4 is 24.8 Å². The van der Waals surface area contributed by atoms with Crippen molar-refractivity contribution in [3.05, 3.63) is 118 Å². The number of fused-ring (bicyclic) bond motifs is 3. The second-order valence-electron chi connectivity index (χ2n) is 9.90. The molecule has 0 fully saturated rings. The fraction of sp³-hybridized carbons (Fsp3) is 0.182. The molecule has 0 spiro atoms. The number of aromatic nitrogens is 1. The highest BCUT2D eigenvalue weighted by Gasteiger charge is 2.32. The van der Waals surface area contributed by atoms with Crippen LogP contribution in [0.4, 0.5) is 5.69 Å². The van der Waals surface area contributed by atoms with Gasteiger partial charge in [-0.15, -0.1) is 0 Å². The molecule has 0 saturated heterocycles. The molecule has 1 aliphatic rings. The zero-order valence-electron chi connectivity index (χ0n) is 22.7. The van der Waals surface area contributed by atoms with Crippen molar-refractivity contribution in [2.45, 2.75) is 12.0 Å². The van der Waals surface area contributed by atoms with E-state index in [1.165, 1.54) is 23.6 Å². The third-order valence-electron chi connectivity index (χ3n) is 7.46. The fourth-order valence-corrected chi connectivity index (χ4v) is 5.81. The maximum atomic E-state index is 12.6. The normalized spacial score (nSPS) is 16.2. The number of halogens is 1. The van der Waals surface area contributed by atoms with Crippen LogP contribution >= 0.6 is 11.6 Å². The lowest BCUT2D eigenvalue weighted by Crippen LogP contribution is -2.34. The third-order valence-corrected chi connectivity index (χ3v) is 7.75. The van der Waals surface area contributed by atoms with Gasteiger partial charge in [0.15, 0.2) is 18.1 Å². The van der Waals surface area contributed by atoms with Crippen molar-refractivity contribution in [2.24, 2.45) is 0 Å². The van der Waals surface area contributed by atoms with Crippen molar-refractivity contribution in [1.29, 1.82) is 0 Å². The zero-order chi connectivity index (χ0) is 28.3. The average molecular weight is 568 g/mol. The Bertz CT molecular complexity index is 1700. The number of methoxy groups -OCH3 is 2. The summed E-state index contributed by atoms with van der Waals surface area (Å²) in [5.41, 5.74) is 6.43. The predicted molar refractivity (Wildman–Crippen MR) is 162 cm³/mol. The largest absolute Gasteiger partial charge is 0.495 e. The first kappa shape index (κ1) is 26.7. The van der Waals surface area contributed by atoms with Crippen LogP contribution in [0.5, 0.6) is 17.2 Å². The van der Waals surface area contributed by atoms with E-state index >= 15 is 0 Å². The second-order valence-corrected chi connectivity index (χ2v) is 10.3. The molecule has 1 aromatic heterocycles. The van der Waals surface area contributed by atoms with Gasteiger partial charge in [-0.1, -0.05) is 66.2 Å². The molecular formula is C33H30ClN3O4. The summed E-state index contributed by atoms with van der Waals surface area (Å²) in [6.07, 6.45) is 0. The molecule has 8 heteroatoms. The van der Waals surface area contributed by atoms with Gasteiger partial charge in [0.2, 0.25) is 0 Å². The Morgan fingerprint density at radius 2 is 1.63 bits per heavy atom. The van der Waals surface area contributed by atoms with Crippen LogP contribution in [-0.4, -0.2) is 38.3 Å². The summed E-state index contributed by atoms with van der Waals surface area (Å²) in [6.45, 7) is 0.603. The number of benzene rings is 4. The van der Waals surface area contributed by atoms with Gasteiger partial charge in [-0.3, -0.25) is 4.79 Å². The minimum atomic E-state index is -0.319. The van der Waals surface area contributed by atoms with Crippen LogP contribution in [0.1, 0.15) is 34.3 Å². The van der Waals surface area contributed by atoms with Crippen molar-refractivity contribution in [1.82, 2.24) is 10.3 Å². The number of amides is 1. The maximum absolute atomic E-state index is 12.6. The number of carbonyl (C=O) groups is 1. The Balaban J connectivity index is 1.23. The minimum Gasteiger partial charge on any atom is -0.495 e. The lowest BCUT2D eigenvalue weighted by molar-refractivity contribution is -0.118. The molecule has 6 rings (SSSR count). The molecule has 1 amide bonds. The van der Waals surface area contributed by atoms with Crippen molar-refractivity contribution < 1.29 is 19.0 Å². The van der Waals surface area contributed by atoms with E-state index in [9.17, 15) is 4.79 Å². The Morgan fingerprint density at radius 3 is 2.41 bits per heavy atom. The van der Waals surface area contributed by atoms with Gasteiger partial charge in [0, 0.05) is 34.7 Å². The number of anilines is 1. The molecule has 5 aromatic rings. The molecule has 0 saturated carbocycles. The van der Waals surface area contributed by atoms with E-state index in [-0.39, 0.29) is 24.5 Å². The number of rotatable bonds is 8. The first-order valence-corrected chi connectivity index (χ1v) is 13.8. The quantitative estimate of drug-likeness (QED) is 0.195. The van der Waals surface area contributed by atoms with Crippen molar-refractivity contribution in [3.63, 3.8) is 0 Å². The number of hydrogen-bond donors (Lipinski definition) is 3. The van der Waals surface area contributed by atoms with Crippen LogP contribution in [0.15, 0.2) is 91.0 Å². The Hall–Kier alpha value is -4.46. The van der Waals surface area contributed by atoms with E-state index < -0.39 is 0 Å². The molecule has 0 radical (unpaired) electrons. The average Bonchev–Trinajstić information content (AvgIpc) is 3.40. The molecule has 0 bridgehead atoms. The number of carbonyl (C=O) groups excluding carboxylic acids is 1. The van der Waals surface area contributed by atoms with Gasteiger partial charge < -0.3 is 29.8 Å². The molecular weight excluding hydrogens is 538 g/mol. The van der Waals surface area contributed by atoms with Crippen molar-refractivity contribution >= 4 is 34.1 Å². The summed E-state index contributed by atoms with van der Waals surface area (Å²) >= 11 is 6.17. The lowest BCUT2D eigenvalue weighted by atomic mass is 9.83. The van der Waals surface area contributed by atoms with E-state index in [1.54, 1.807) is 25.3 Å². The number of aromatic amines is 1. The van der Waals surface area contributed by atoms with Crippen LogP contribution in [0.25, 0.3) is 10.9 Å². The van der Waals surface area contributed by atoms with Gasteiger partial charge in [0.1, 0.15) is 5.75 Å². The molecule has 4 aromatic carbocycles. The summed E-state index contributed by atoms with van der Waals surface area (Å²) in [4.78, 5) is 16.3. The van der Waals surface area contributed by atoms with Crippen LogP contribution in [0.3, 0.4) is 0 Å². The smallest absolute Gasteiger partial charge is 0.262 e. The number of para-hydroxylation sites is 1. The number of nitrogens with one attached hydrogen (secondary N) is 3. The fourth-order valence-electron chi connectivity index (χ4n) is 5.55. The Morgan fingerprint density at radius 1 is 0.878 bits per heavy atom. The molecule has 0 unspecified atom stereocenters. The molecule has 1 aliphatic heterocycles. The van der Waals surface area contributed by atoms with Crippen LogP contribution in [0, 0.1) is 0 Å². The molecule has 0 aliphatic carbocycles. The highest BCUT2D eigenvalue weighted by Crippen LogP contribution is 2.42. The first-order valence-electron chi connectivity index (χ1n) is 13.4. The van der Waals surface area contributed by atoms with E-state index in [2.05, 4.69) is 64.1 Å². The lowest BCUT2D eigenvalue weighted by Gasteiger charge is -2.31. The highest BCUT2D eigenvalue weighted by atomic mass is 35.5. The van der Waals surface area contributed by atoms with Gasteiger partial charge in [-0.25, -0.2) is 0 Å². The van der Waals surface area contributed by atoms with Gasteiger partial charge in [-0.05, 0) is 53.1 Å². The molecule has 2 heterocycles. The van der Waals surface area contributed by atoms with Crippen LogP contribution in [-0.2, 0) is 4.79 Å². The Labute approximate surface area is 243 Å². The highest BCUT2D eigenvalue weighted by molar-refractivity contribution is 6.32. The summed E-state index contributed by atoms with van der Waals surface area (Å²) in [7, 11) is 3.14. The summed E-state index contributed by atoms with van der Waals surface area (Å²) in [6, 6.07) is 29.8. The summed E-state index contributed by atoms with van der Waals surface area (Å²) < 4.78 is 16.7. The molecule has 3 N–H and O–H groups in total. The third kappa shape index (κ3) is 5.34. The monoisotopic (exact) mass is 567 g/mol. The maximum Gasteiger partial charge on any atom is 0.262 e. The summed E-state index contributed by atoms with van der Waals surface area (Å²) in [5.74, 6) is 1.47. The number of ether oxygens (including phenoxy) is 3. The number of H-pyrrole nitrogens is 1. The minimum absolute atomic E-state index is 0.0663. The van der Waals surface area contributed by atoms with Gasteiger partial charge in [0.25, 0.3) is 5.91 Å². The van der Waals surface area contributed by atoms with E-state index in [0.717, 1.165) is 23.3 Å². The standard InChI is InChI=1S/C33H30ClN3O4/c1-39-27-15-13-22(17-25(27)34)36-30(38)19-41-28-14-12-21(16-29(28)40-2)32-33-31(23-10-6-7-11-26(23)37-33)24(18-35-32)20-8-4-3-5-9-20/h3-17,24,32,35,37H,18-19H2,1-2H3,(H,36,38)/t24-,32-/m1/s1. The second kappa shape index (κ2) is 11.6. The zero-order valence-corrected chi connectivity index (χ0v) is 23.5. The SMILES string of the molecule is COc1ccc(NC(=O)COc2ccc([C@H]3NC[C@H](c4ccccc4)c4c3[nH]c3ccccc43)cc2OC)cc1Cl. The van der Waals surface area contributed by atoms with E-state index in [0.29, 0.717) is 28.0 Å². The van der Waals surface area contributed by atoms with Gasteiger partial charge >= 0.3 is 0 Å². The Kier molecular flexibility index (Phi) is 7.55.